The van der Waals surface area contributed by atoms with Crippen molar-refractivity contribution in [1.29, 1.82) is 0 Å². The zero-order valence-electron chi connectivity index (χ0n) is 14.0. The number of thioether (sulfide) groups is 1. The maximum atomic E-state index is 12.5. The molecule has 0 radical (unpaired) electrons. The predicted molar refractivity (Wildman–Crippen MR) is 95.6 cm³/mol. The summed E-state index contributed by atoms with van der Waals surface area (Å²) in [6.45, 7) is 2.14. The van der Waals surface area contributed by atoms with Crippen LogP contribution in [0.25, 0.3) is 5.69 Å². The Kier molecular flexibility index (Phi) is 4.96. The van der Waals surface area contributed by atoms with Gasteiger partial charge in [0.05, 0.1) is 6.61 Å². The van der Waals surface area contributed by atoms with Gasteiger partial charge in [0.2, 0.25) is 0 Å². The van der Waals surface area contributed by atoms with Crippen LogP contribution in [-0.4, -0.2) is 39.5 Å². The minimum absolute atomic E-state index is 0.0337. The van der Waals surface area contributed by atoms with Gasteiger partial charge in [0.1, 0.15) is 0 Å². The van der Waals surface area contributed by atoms with Crippen LogP contribution in [0.15, 0.2) is 41.8 Å². The Hall–Kier alpha value is -1.79. The topological polar surface area (TPSA) is 67.2 Å². The molecular weight excluding hydrogens is 322 g/mol. The lowest BCUT2D eigenvalue weighted by Crippen LogP contribution is -2.44. The summed E-state index contributed by atoms with van der Waals surface area (Å²) in [6.07, 6.45) is 8.58. The van der Waals surface area contributed by atoms with Crippen molar-refractivity contribution in [1.82, 2.24) is 14.9 Å². The van der Waals surface area contributed by atoms with E-state index < -0.39 is 0 Å². The van der Waals surface area contributed by atoms with Crippen LogP contribution in [-0.2, 0) is 0 Å². The van der Waals surface area contributed by atoms with Crippen LogP contribution in [0.2, 0.25) is 0 Å². The number of hydrogen-bond acceptors (Lipinski definition) is 4. The molecule has 2 N–H and O–H groups in total. The van der Waals surface area contributed by atoms with Gasteiger partial charge in [0.25, 0.3) is 5.91 Å². The zero-order chi connectivity index (χ0) is 17.2. The van der Waals surface area contributed by atoms with Crippen LogP contribution in [0.1, 0.15) is 36.5 Å². The Bertz CT molecular complexity index is 713. The zero-order valence-corrected chi connectivity index (χ0v) is 14.8. The third kappa shape index (κ3) is 3.21. The molecule has 24 heavy (non-hydrogen) atoms. The molecule has 6 heteroatoms. The van der Waals surface area contributed by atoms with E-state index in [1.54, 1.807) is 18.0 Å². The summed E-state index contributed by atoms with van der Waals surface area (Å²) in [5, 5.41) is 13.6. The molecule has 0 bridgehead atoms. The highest BCUT2D eigenvalue weighted by Crippen LogP contribution is 2.37. The Labute approximate surface area is 146 Å². The summed E-state index contributed by atoms with van der Waals surface area (Å²) >= 11 is 1.58. The van der Waals surface area contributed by atoms with Crippen LogP contribution in [0, 0.1) is 5.41 Å². The fourth-order valence-electron chi connectivity index (χ4n) is 3.32. The molecule has 1 amide bonds. The van der Waals surface area contributed by atoms with Gasteiger partial charge in [0, 0.05) is 35.1 Å². The summed E-state index contributed by atoms with van der Waals surface area (Å²) in [7, 11) is 0. The molecule has 128 valence electrons. The molecule has 2 aromatic rings. The number of nitrogens with one attached hydrogen (secondary N) is 1. The number of nitrogens with zero attached hydrogens (tertiary/aromatic N) is 2. The first kappa shape index (κ1) is 17.0. The third-order valence-corrected chi connectivity index (χ3v) is 5.61. The summed E-state index contributed by atoms with van der Waals surface area (Å²) in [4.78, 5) is 16.8. The van der Waals surface area contributed by atoms with Crippen molar-refractivity contribution in [2.24, 2.45) is 5.41 Å². The molecular formula is C18H23N3O2S. The summed E-state index contributed by atoms with van der Waals surface area (Å²) < 4.78 is 1.99. The fraction of sp³-hybridized carbons (Fsp3) is 0.444. The number of aliphatic hydroxyl groups excluding tert-OH is 1. The Balaban J connectivity index is 1.73. The van der Waals surface area contributed by atoms with Crippen molar-refractivity contribution in [3.05, 3.63) is 42.2 Å². The van der Waals surface area contributed by atoms with Crippen LogP contribution >= 0.6 is 11.8 Å². The van der Waals surface area contributed by atoms with Gasteiger partial charge in [-0.2, -0.15) is 0 Å². The Morgan fingerprint density at radius 3 is 2.88 bits per heavy atom. The van der Waals surface area contributed by atoms with Crippen LogP contribution in [0.3, 0.4) is 0 Å². The van der Waals surface area contributed by atoms with Crippen LogP contribution in [0.4, 0.5) is 0 Å². The van der Waals surface area contributed by atoms with E-state index in [0.29, 0.717) is 5.56 Å². The van der Waals surface area contributed by atoms with Crippen molar-refractivity contribution in [3.63, 3.8) is 0 Å². The Morgan fingerprint density at radius 2 is 2.21 bits per heavy atom. The van der Waals surface area contributed by atoms with Crippen LogP contribution < -0.4 is 5.32 Å². The number of aliphatic hydroxyl groups is 1. The molecule has 1 fully saturated rings. The van der Waals surface area contributed by atoms with E-state index in [9.17, 15) is 9.90 Å². The third-order valence-electron chi connectivity index (χ3n) is 4.95. The van der Waals surface area contributed by atoms with Crippen LogP contribution in [0.5, 0.6) is 0 Å². The lowest BCUT2D eigenvalue weighted by atomic mass is 9.85. The average Bonchev–Trinajstić information content (AvgIpc) is 3.22. The van der Waals surface area contributed by atoms with E-state index in [0.717, 1.165) is 30.1 Å². The lowest BCUT2D eigenvalue weighted by molar-refractivity contribution is 0.0830. The van der Waals surface area contributed by atoms with E-state index in [1.807, 2.05) is 48.2 Å². The highest BCUT2D eigenvalue weighted by molar-refractivity contribution is 7.98. The van der Waals surface area contributed by atoms with E-state index in [1.165, 1.54) is 0 Å². The summed E-state index contributed by atoms with van der Waals surface area (Å²) in [6, 6.07) is 7.55. The standard InChI is InChI=1S/C18H23N3O2S/c1-18(12-22)9-3-4-15(18)20-16(23)13-5-7-14(8-6-13)21-11-10-19-17(21)24-2/h5-8,10-11,15,22H,3-4,9,12H2,1-2H3,(H,20,23). The van der Waals surface area contributed by atoms with Gasteiger partial charge in [-0.3, -0.25) is 9.36 Å². The SMILES string of the molecule is CSc1nccn1-c1ccc(C(=O)NC2CCCC2(C)CO)cc1. The molecule has 1 aromatic heterocycles. The number of carbonyl (C=O) groups excluding carboxylic acids is 1. The van der Waals surface area contributed by atoms with Crippen molar-refractivity contribution in [2.45, 2.75) is 37.4 Å². The molecule has 2 unspecified atom stereocenters. The van der Waals surface area contributed by atoms with Gasteiger partial charge in [-0.15, -0.1) is 0 Å². The minimum atomic E-state index is -0.209. The van der Waals surface area contributed by atoms with E-state index >= 15 is 0 Å². The molecule has 0 saturated heterocycles. The second-order valence-electron chi connectivity index (χ2n) is 6.56. The normalized spacial score (nSPS) is 23.4. The molecule has 3 rings (SSSR count). The molecule has 1 aromatic carbocycles. The predicted octanol–water partition coefficient (Wildman–Crippen LogP) is 2.88. The Morgan fingerprint density at radius 1 is 1.46 bits per heavy atom. The number of benzene rings is 1. The number of hydrogen-bond donors (Lipinski definition) is 2. The lowest BCUT2D eigenvalue weighted by Gasteiger charge is -2.30. The second-order valence-corrected chi connectivity index (χ2v) is 7.33. The molecule has 1 heterocycles. The summed E-state index contributed by atoms with van der Waals surface area (Å²) in [5.41, 5.74) is 1.41. The van der Waals surface area contributed by atoms with Crippen molar-refractivity contribution in [2.75, 3.05) is 12.9 Å². The molecule has 1 aliphatic rings. The largest absolute Gasteiger partial charge is 0.396 e. The minimum Gasteiger partial charge on any atom is -0.396 e. The quantitative estimate of drug-likeness (QED) is 0.818. The first-order valence-corrected chi connectivity index (χ1v) is 9.39. The smallest absolute Gasteiger partial charge is 0.251 e. The molecule has 0 aliphatic heterocycles. The molecule has 1 aliphatic carbocycles. The van der Waals surface area contributed by atoms with Crippen molar-refractivity contribution < 1.29 is 9.90 Å². The van der Waals surface area contributed by atoms with E-state index in [4.69, 9.17) is 0 Å². The number of carbonyl (C=O) groups is 1. The summed E-state index contributed by atoms with van der Waals surface area (Å²) in [5.74, 6) is -0.0798. The fourth-order valence-corrected chi connectivity index (χ4v) is 3.85. The molecule has 2 atom stereocenters. The van der Waals surface area contributed by atoms with Gasteiger partial charge in [-0.1, -0.05) is 25.1 Å². The maximum absolute atomic E-state index is 12.5. The first-order chi connectivity index (χ1) is 11.6. The number of imidazole rings is 1. The van der Waals surface area contributed by atoms with E-state index in [2.05, 4.69) is 10.3 Å². The average molecular weight is 345 g/mol. The number of amides is 1. The molecule has 1 saturated carbocycles. The van der Waals surface area contributed by atoms with Gasteiger partial charge < -0.3 is 10.4 Å². The maximum Gasteiger partial charge on any atom is 0.251 e. The van der Waals surface area contributed by atoms with Gasteiger partial charge in [0.15, 0.2) is 5.16 Å². The monoisotopic (exact) mass is 345 g/mol. The van der Waals surface area contributed by atoms with Crippen molar-refractivity contribution in [3.8, 4) is 5.69 Å². The van der Waals surface area contributed by atoms with Gasteiger partial charge >= 0.3 is 0 Å². The number of aromatic nitrogens is 2. The number of rotatable bonds is 5. The molecule has 5 nitrogen and oxygen atoms in total. The van der Waals surface area contributed by atoms with E-state index in [-0.39, 0.29) is 24.0 Å². The van der Waals surface area contributed by atoms with Gasteiger partial charge in [-0.25, -0.2) is 4.98 Å². The first-order valence-electron chi connectivity index (χ1n) is 8.17. The van der Waals surface area contributed by atoms with Crippen molar-refractivity contribution >= 4 is 17.7 Å². The highest BCUT2D eigenvalue weighted by Gasteiger charge is 2.39. The van der Waals surface area contributed by atoms with Gasteiger partial charge in [-0.05, 0) is 43.4 Å². The highest BCUT2D eigenvalue weighted by atomic mass is 32.2. The molecule has 0 spiro atoms. The second kappa shape index (κ2) is 6.99.